The van der Waals surface area contributed by atoms with E-state index in [1.165, 1.54) is 30.5 Å². The Kier molecular flexibility index (Phi) is 2.36. The molecule has 1 aromatic carbocycles. The summed E-state index contributed by atoms with van der Waals surface area (Å²) in [6.07, 6.45) is 7.20. The molecule has 0 spiro atoms. The third kappa shape index (κ3) is 1.51. The molecule has 16 heavy (non-hydrogen) atoms. The summed E-state index contributed by atoms with van der Waals surface area (Å²) in [6, 6.07) is 4.70. The molecular weight excluding hydrogens is 194 g/mol. The third-order valence-corrected chi connectivity index (χ3v) is 3.94. The molecular formula is C15H19N. The van der Waals surface area contributed by atoms with Gasteiger partial charge in [0.2, 0.25) is 0 Å². The zero-order valence-electron chi connectivity index (χ0n) is 10.2. The molecule has 0 fully saturated rings. The van der Waals surface area contributed by atoms with E-state index in [9.17, 15) is 0 Å². The molecule has 3 rings (SSSR count). The number of nitrogens with zero attached hydrogens (tertiary/aromatic N) is 1. The van der Waals surface area contributed by atoms with E-state index >= 15 is 0 Å². The molecule has 84 valence electrons. The Hall–Kier alpha value is -1.08. The van der Waals surface area contributed by atoms with Crippen LogP contribution in [0.3, 0.4) is 0 Å². The molecule has 1 atom stereocenters. The van der Waals surface area contributed by atoms with Crippen molar-refractivity contribution in [1.29, 1.82) is 0 Å². The summed E-state index contributed by atoms with van der Waals surface area (Å²) in [6.45, 7) is 4.63. The number of fused-ring (bicyclic) bond motifs is 3. The zero-order valence-corrected chi connectivity index (χ0v) is 10.2. The van der Waals surface area contributed by atoms with Gasteiger partial charge in [-0.1, -0.05) is 31.2 Å². The first-order valence-electron chi connectivity index (χ1n) is 6.27. The van der Waals surface area contributed by atoms with Crippen molar-refractivity contribution in [3.63, 3.8) is 0 Å². The summed E-state index contributed by atoms with van der Waals surface area (Å²) in [5.74, 6) is 0.605. The average molecular weight is 213 g/mol. The molecule has 1 aromatic rings. The Morgan fingerprint density at radius 2 is 2.19 bits per heavy atom. The first-order chi connectivity index (χ1) is 7.75. The Labute approximate surface area is 97.8 Å². The summed E-state index contributed by atoms with van der Waals surface area (Å²) in [7, 11) is 2.23. The van der Waals surface area contributed by atoms with Crippen LogP contribution in [0.5, 0.6) is 0 Å². The monoisotopic (exact) mass is 213 g/mol. The van der Waals surface area contributed by atoms with Crippen molar-refractivity contribution in [2.45, 2.75) is 32.2 Å². The lowest BCUT2D eigenvalue weighted by molar-refractivity contribution is 0.332. The van der Waals surface area contributed by atoms with Gasteiger partial charge in [0, 0.05) is 6.54 Å². The lowest BCUT2D eigenvalue weighted by Gasteiger charge is -2.17. The van der Waals surface area contributed by atoms with Crippen molar-refractivity contribution in [1.82, 2.24) is 4.90 Å². The Morgan fingerprint density at radius 1 is 1.31 bits per heavy atom. The van der Waals surface area contributed by atoms with Crippen LogP contribution >= 0.6 is 0 Å². The van der Waals surface area contributed by atoms with Gasteiger partial charge in [0.1, 0.15) is 0 Å². The van der Waals surface area contributed by atoms with Crippen LogP contribution in [-0.4, -0.2) is 18.5 Å². The molecule has 0 amide bonds. The van der Waals surface area contributed by atoms with Gasteiger partial charge in [0.25, 0.3) is 0 Å². The van der Waals surface area contributed by atoms with Gasteiger partial charge < -0.3 is 4.90 Å². The van der Waals surface area contributed by atoms with Crippen molar-refractivity contribution in [3.05, 3.63) is 40.5 Å². The van der Waals surface area contributed by atoms with E-state index in [0.29, 0.717) is 5.92 Å². The predicted molar refractivity (Wildman–Crippen MR) is 68.5 cm³/mol. The third-order valence-electron chi connectivity index (χ3n) is 3.94. The average Bonchev–Trinajstić information content (AvgIpc) is 2.53. The molecule has 1 aliphatic heterocycles. The smallest absolute Gasteiger partial charge is 0.0239 e. The molecule has 0 N–H and O–H groups in total. The molecule has 0 saturated carbocycles. The van der Waals surface area contributed by atoms with E-state index in [4.69, 9.17) is 0 Å². The summed E-state index contributed by atoms with van der Waals surface area (Å²) in [5.41, 5.74) is 6.19. The largest absolute Gasteiger partial charge is 0.302 e. The van der Waals surface area contributed by atoms with Crippen LogP contribution in [0, 0.1) is 0 Å². The summed E-state index contributed by atoms with van der Waals surface area (Å²) in [5, 5.41) is 0. The second-order valence-electron chi connectivity index (χ2n) is 5.20. The van der Waals surface area contributed by atoms with Gasteiger partial charge in [-0.2, -0.15) is 0 Å². The normalized spacial score (nSPS) is 24.0. The van der Waals surface area contributed by atoms with Gasteiger partial charge in [-0.05, 0) is 54.6 Å². The summed E-state index contributed by atoms with van der Waals surface area (Å²) < 4.78 is 0. The summed E-state index contributed by atoms with van der Waals surface area (Å²) >= 11 is 0. The van der Waals surface area contributed by atoms with E-state index in [1.807, 2.05) is 0 Å². The maximum absolute atomic E-state index is 2.45. The number of hydrogen-bond acceptors (Lipinski definition) is 1. The van der Waals surface area contributed by atoms with Crippen LogP contribution in [0.2, 0.25) is 0 Å². The van der Waals surface area contributed by atoms with Crippen LogP contribution in [0.15, 0.2) is 18.2 Å². The fraction of sp³-hybridized carbons (Fsp3) is 0.467. The van der Waals surface area contributed by atoms with Crippen molar-refractivity contribution < 1.29 is 0 Å². The van der Waals surface area contributed by atoms with Crippen LogP contribution in [-0.2, 0) is 13.0 Å². The minimum Gasteiger partial charge on any atom is -0.302 e. The first kappa shape index (κ1) is 10.1. The SMILES string of the molecule is CC1C=Cc2c1ccc1c2CN(C)CCC1. The molecule has 1 nitrogen and oxygen atoms in total. The van der Waals surface area contributed by atoms with Gasteiger partial charge in [-0.25, -0.2) is 0 Å². The van der Waals surface area contributed by atoms with Gasteiger partial charge in [0.05, 0.1) is 0 Å². The topological polar surface area (TPSA) is 3.24 Å². The molecule has 1 aliphatic carbocycles. The van der Waals surface area contributed by atoms with Crippen LogP contribution in [0.1, 0.15) is 41.5 Å². The molecule has 2 aliphatic rings. The molecule has 0 saturated heterocycles. The standard InChI is InChI=1S/C15H19N/c1-11-5-7-14-13(11)8-6-12-4-3-9-16(2)10-15(12)14/h5-8,11H,3-4,9-10H2,1-2H3. The molecule has 1 heteroatoms. The zero-order chi connectivity index (χ0) is 11.1. The predicted octanol–water partition coefficient (Wildman–Crippen LogP) is 3.19. The van der Waals surface area contributed by atoms with Crippen molar-refractivity contribution in [3.8, 4) is 0 Å². The van der Waals surface area contributed by atoms with Crippen molar-refractivity contribution in [2.24, 2.45) is 0 Å². The lowest BCUT2D eigenvalue weighted by Crippen LogP contribution is -2.17. The fourth-order valence-corrected chi connectivity index (χ4v) is 2.98. The second-order valence-corrected chi connectivity index (χ2v) is 5.20. The molecule has 0 bridgehead atoms. The fourth-order valence-electron chi connectivity index (χ4n) is 2.98. The minimum absolute atomic E-state index is 0.605. The van der Waals surface area contributed by atoms with E-state index in [2.05, 4.69) is 43.2 Å². The van der Waals surface area contributed by atoms with Gasteiger partial charge in [-0.3, -0.25) is 0 Å². The number of hydrogen-bond donors (Lipinski definition) is 0. The van der Waals surface area contributed by atoms with Gasteiger partial charge >= 0.3 is 0 Å². The highest BCUT2D eigenvalue weighted by atomic mass is 15.1. The molecule has 1 unspecified atom stereocenters. The quantitative estimate of drug-likeness (QED) is 0.639. The highest BCUT2D eigenvalue weighted by Gasteiger charge is 2.20. The maximum atomic E-state index is 2.45. The number of benzene rings is 1. The Morgan fingerprint density at radius 3 is 3.06 bits per heavy atom. The number of allylic oxidation sites excluding steroid dienone is 1. The molecule has 0 radical (unpaired) electrons. The van der Waals surface area contributed by atoms with Gasteiger partial charge in [0.15, 0.2) is 0 Å². The van der Waals surface area contributed by atoms with E-state index < -0.39 is 0 Å². The van der Waals surface area contributed by atoms with Crippen LogP contribution < -0.4 is 0 Å². The molecule has 1 heterocycles. The van der Waals surface area contributed by atoms with E-state index in [-0.39, 0.29) is 0 Å². The maximum Gasteiger partial charge on any atom is 0.0239 e. The van der Waals surface area contributed by atoms with Gasteiger partial charge in [-0.15, -0.1) is 0 Å². The second kappa shape index (κ2) is 3.74. The Bertz CT molecular complexity index is 445. The minimum atomic E-state index is 0.605. The van der Waals surface area contributed by atoms with Crippen molar-refractivity contribution >= 4 is 6.08 Å². The van der Waals surface area contributed by atoms with Crippen LogP contribution in [0.4, 0.5) is 0 Å². The van der Waals surface area contributed by atoms with E-state index in [1.54, 1.807) is 11.1 Å². The highest BCUT2D eigenvalue weighted by Crippen LogP contribution is 2.35. The Balaban J connectivity index is 2.13. The van der Waals surface area contributed by atoms with Crippen molar-refractivity contribution in [2.75, 3.05) is 13.6 Å². The number of rotatable bonds is 0. The summed E-state index contributed by atoms with van der Waals surface area (Å²) in [4.78, 5) is 2.45. The lowest BCUT2D eigenvalue weighted by atomic mass is 9.93. The van der Waals surface area contributed by atoms with Crippen LogP contribution in [0.25, 0.3) is 6.08 Å². The highest BCUT2D eigenvalue weighted by molar-refractivity contribution is 5.67. The first-order valence-corrected chi connectivity index (χ1v) is 6.27. The molecule has 0 aromatic heterocycles. The number of aryl methyl sites for hydroxylation is 1. The van der Waals surface area contributed by atoms with E-state index in [0.717, 1.165) is 6.54 Å².